The Labute approximate surface area is 180 Å². The molecule has 0 amide bonds. The maximum absolute atomic E-state index is 13.0. The predicted molar refractivity (Wildman–Crippen MR) is 114 cm³/mol. The van der Waals surface area contributed by atoms with Crippen molar-refractivity contribution in [3.8, 4) is 11.5 Å². The Morgan fingerprint density at radius 2 is 1.77 bits per heavy atom. The molecule has 0 aromatic heterocycles. The van der Waals surface area contributed by atoms with Crippen molar-refractivity contribution in [1.82, 2.24) is 9.21 Å². The van der Waals surface area contributed by atoms with Gasteiger partial charge < -0.3 is 19.3 Å². The van der Waals surface area contributed by atoms with Crippen molar-refractivity contribution < 1.29 is 22.8 Å². The Bertz CT molecular complexity index is 1100. The Morgan fingerprint density at radius 3 is 2.48 bits per heavy atom. The second-order valence-electron chi connectivity index (χ2n) is 7.66. The minimum atomic E-state index is -3.80. The van der Waals surface area contributed by atoms with Gasteiger partial charge in [0.05, 0.1) is 9.82 Å². The van der Waals surface area contributed by atoms with E-state index >= 15 is 0 Å². The second kappa shape index (κ2) is 8.33. The van der Waals surface area contributed by atoms with Gasteiger partial charge in [-0.25, -0.2) is 8.42 Å². The lowest BCUT2D eigenvalue weighted by atomic mass is 10.1. The standard InChI is InChI=1S/C20H24N4O6S/c1-21-7-9-23(10-8-21)31(27,28)16-4-5-17(18(12-16)24(25)26)22(2)13-15-3-6-19-20(11-15)30-14-29-19/h3-6,11-12H,7-10,13-14H2,1-2H3. The van der Waals surface area contributed by atoms with Crippen molar-refractivity contribution >= 4 is 21.4 Å². The van der Waals surface area contributed by atoms with E-state index in [0.29, 0.717) is 49.9 Å². The summed E-state index contributed by atoms with van der Waals surface area (Å²) in [5.74, 6) is 1.30. The molecule has 166 valence electrons. The molecular weight excluding hydrogens is 424 g/mol. The molecule has 0 atom stereocenters. The molecular formula is C20H24N4O6S. The highest BCUT2D eigenvalue weighted by Crippen LogP contribution is 2.35. The first-order valence-electron chi connectivity index (χ1n) is 9.82. The van der Waals surface area contributed by atoms with Crippen LogP contribution in [-0.4, -0.2) is 69.6 Å². The third-order valence-electron chi connectivity index (χ3n) is 5.51. The second-order valence-corrected chi connectivity index (χ2v) is 9.60. The van der Waals surface area contributed by atoms with Gasteiger partial charge >= 0.3 is 0 Å². The summed E-state index contributed by atoms with van der Waals surface area (Å²) in [7, 11) is -0.142. The lowest BCUT2D eigenvalue weighted by Gasteiger charge is -2.31. The Morgan fingerprint density at radius 1 is 1.06 bits per heavy atom. The van der Waals surface area contributed by atoms with Crippen LogP contribution in [-0.2, 0) is 16.6 Å². The molecule has 2 aromatic rings. The van der Waals surface area contributed by atoms with E-state index in [-0.39, 0.29) is 17.4 Å². The van der Waals surface area contributed by atoms with E-state index in [1.807, 2.05) is 24.1 Å². The fourth-order valence-electron chi connectivity index (χ4n) is 3.71. The van der Waals surface area contributed by atoms with Crippen molar-refractivity contribution in [3.63, 3.8) is 0 Å². The van der Waals surface area contributed by atoms with Crippen molar-refractivity contribution in [2.45, 2.75) is 11.4 Å². The lowest BCUT2D eigenvalue weighted by molar-refractivity contribution is -0.384. The summed E-state index contributed by atoms with van der Waals surface area (Å²) in [6.07, 6.45) is 0. The van der Waals surface area contributed by atoms with Crippen LogP contribution in [0.4, 0.5) is 11.4 Å². The molecule has 0 aliphatic carbocycles. The van der Waals surface area contributed by atoms with Crippen LogP contribution < -0.4 is 14.4 Å². The SMILES string of the molecule is CN1CCN(S(=O)(=O)c2ccc(N(C)Cc3ccc4c(c3)OCO4)c([N+](=O)[O-])c2)CC1. The minimum absolute atomic E-state index is 0.0658. The minimum Gasteiger partial charge on any atom is -0.454 e. The number of anilines is 1. The zero-order valence-corrected chi connectivity index (χ0v) is 18.2. The van der Waals surface area contributed by atoms with Crippen LogP contribution in [0.5, 0.6) is 11.5 Å². The van der Waals surface area contributed by atoms with Gasteiger partial charge in [0.1, 0.15) is 5.69 Å². The van der Waals surface area contributed by atoms with Crippen molar-refractivity contribution in [2.75, 3.05) is 52.0 Å². The summed E-state index contributed by atoms with van der Waals surface area (Å²) in [5, 5.41) is 11.8. The average molecular weight is 449 g/mol. The third-order valence-corrected chi connectivity index (χ3v) is 7.41. The predicted octanol–water partition coefficient (Wildman–Crippen LogP) is 1.90. The summed E-state index contributed by atoms with van der Waals surface area (Å²) < 4.78 is 38.1. The normalized spacial score (nSPS) is 17.0. The molecule has 2 aliphatic heterocycles. The number of piperazine rings is 1. The quantitative estimate of drug-likeness (QED) is 0.487. The highest BCUT2D eigenvalue weighted by molar-refractivity contribution is 7.89. The third kappa shape index (κ3) is 4.29. The van der Waals surface area contributed by atoms with E-state index in [0.717, 1.165) is 11.6 Å². The molecule has 11 heteroatoms. The van der Waals surface area contributed by atoms with E-state index < -0.39 is 14.9 Å². The van der Waals surface area contributed by atoms with Crippen LogP contribution in [0, 0.1) is 10.1 Å². The zero-order chi connectivity index (χ0) is 22.2. The number of nitro benzene ring substituents is 1. The summed E-state index contributed by atoms with van der Waals surface area (Å²) in [6, 6.07) is 9.57. The van der Waals surface area contributed by atoms with Gasteiger partial charge in [0.25, 0.3) is 5.69 Å². The van der Waals surface area contributed by atoms with Gasteiger partial charge in [-0.3, -0.25) is 10.1 Å². The molecule has 0 N–H and O–H groups in total. The van der Waals surface area contributed by atoms with Gasteiger partial charge in [-0.05, 0) is 36.9 Å². The maximum Gasteiger partial charge on any atom is 0.293 e. The van der Waals surface area contributed by atoms with E-state index in [9.17, 15) is 18.5 Å². The van der Waals surface area contributed by atoms with Crippen LogP contribution in [0.15, 0.2) is 41.3 Å². The molecule has 0 saturated carbocycles. The van der Waals surface area contributed by atoms with E-state index in [2.05, 4.69) is 0 Å². The van der Waals surface area contributed by atoms with Gasteiger partial charge in [-0.2, -0.15) is 4.31 Å². The number of nitro groups is 1. The number of rotatable bonds is 6. The van der Waals surface area contributed by atoms with Crippen molar-refractivity contribution in [1.29, 1.82) is 0 Å². The molecule has 0 radical (unpaired) electrons. The average Bonchev–Trinajstić information content (AvgIpc) is 3.21. The highest BCUT2D eigenvalue weighted by atomic mass is 32.2. The number of benzene rings is 2. The lowest BCUT2D eigenvalue weighted by Crippen LogP contribution is -2.47. The Balaban J connectivity index is 1.59. The summed E-state index contributed by atoms with van der Waals surface area (Å²) in [6.45, 7) is 2.51. The molecule has 0 spiro atoms. The Hall–Kier alpha value is -2.89. The van der Waals surface area contributed by atoms with Crippen LogP contribution in [0.1, 0.15) is 5.56 Å². The molecule has 0 bridgehead atoms. The topological polar surface area (TPSA) is 105 Å². The smallest absolute Gasteiger partial charge is 0.293 e. The largest absolute Gasteiger partial charge is 0.454 e. The first-order chi connectivity index (χ1) is 14.8. The molecule has 1 fully saturated rings. The van der Waals surface area contributed by atoms with Crippen LogP contribution in [0.3, 0.4) is 0 Å². The number of hydrogen-bond acceptors (Lipinski definition) is 8. The molecule has 0 unspecified atom stereocenters. The fraction of sp³-hybridized carbons (Fsp3) is 0.400. The molecule has 2 heterocycles. The summed E-state index contributed by atoms with van der Waals surface area (Å²) in [5.41, 5.74) is 0.966. The van der Waals surface area contributed by atoms with Gasteiger partial charge in [-0.15, -0.1) is 0 Å². The number of ether oxygens (including phenoxy) is 2. The molecule has 1 saturated heterocycles. The van der Waals surface area contributed by atoms with Gasteiger partial charge in [-0.1, -0.05) is 6.07 Å². The van der Waals surface area contributed by atoms with Gasteiger partial charge in [0.2, 0.25) is 16.8 Å². The van der Waals surface area contributed by atoms with Crippen LogP contribution in [0.2, 0.25) is 0 Å². The van der Waals surface area contributed by atoms with Gasteiger partial charge in [0, 0.05) is 45.8 Å². The maximum atomic E-state index is 13.0. The Kier molecular flexibility index (Phi) is 5.73. The first kappa shape index (κ1) is 21.3. The summed E-state index contributed by atoms with van der Waals surface area (Å²) >= 11 is 0. The monoisotopic (exact) mass is 448 g/mol. The zero-order valence-electron chi connectivity index (χ0n) is 17.4. The van der Waals surface area contributed by atoms with Crippen LogP contribution in [0.25, 0.3) is 0 Å². The van der Waals surface area contributed by atoms with Crippen LogP contribution >= 0.6 is 0 Å². The van der Waals surface area contributed by atoms with E-state index in [1.165, 1.54) is 16.4 Å². The number of likely N-dealkylation sites (N-methyl/N-ethyl adjacent to an activating group) is 1. The van der Waals surface area contributed by atoms with Crippen molar-refractivity contribution in [3.05, 3.63) is 52.1 Å². The highest BCUT2D eigenvalue weighted by Gasteiger charge is 2.30. The van der Waals surface area contributed by atoms with Crippen molar-refractivity contribution in [2.24, 2.45) is 0 Å². The van der Waals surface area contributed by atoms with E-state index in [4.69, 9.17) is 9.47 Å². The number of hydrogen-bond donors (Lipinski definition) is 0. The number of nitrogens with zero attached hydrogens (tertiary/aromatic N) is 4. The molecule has 10 nitrogen and oxygen atoms in total. The first-order valence-corrected chi connectivity index (χ1v) is 11.3. The van der Waals surface area contributed by atoms with Gasteiger partial charge in [0.15, 0.2) is 11.5 Å². The summed E-state index contributed by atoms with van der Waals surface area (Å²) in [4.78, 5) is 14.9. The molecule has 2 aromatic carbocycles. The number of fused-ring (bicyclic) bond motifs is 1. The number of sulfonamides is 1. The fourth-order valence-corrected chi connectivity index (χ4v) is 5.15. The van der Waals surface area contributed by atoms with E-state index in [1.54, 1.807) is 18.0 Å². The molecule has 4 rings (SSSR count). The molecule has 31 heavy (non-hydrogen) atoms. The molecule has 2 aliphatic rings.